The van der Waals surface area contributed by atoms with Crippen molar-refractivity contribution in [3.05, 3.63) is 59.2 Å². The molecule has 2 aliphatic rings. The third-order valence-corrected chi connectivity index (χ3v) is 5.21. The van der Waals surface area contributed by atoms with Crippen LogP contribution in [0.3, 0.4) is 0 Å². The first-order chi connectivity index (χ1) is 14.6. The van der Waals surface area contributed by atoms with Crippen molar-refractivity contribution in [3.63, 3.8) is 0 Å². The van der Waals surface area contributed by atoms with Gasteiger partial charge < -0.3 is 19.5 Å². The summed E-state index contributed by atoms with van der Waals surface area (Å²) in [7, 11) is 0. The number of amides is 1. The zero-order valence-electron chi connectivity index (χ0n) is 17.0. The predicted octanol–water partition coefficient (Wildman–Crippen LogP) is 3.92. The molecular formula is C24H25NO5. The second-order valence-electron chi connectivity index (χ2n) is 7.50. The molecule has 0 spiro atoms. The molecule has 1 N–H and O–H groups in total. The van der Waals surface area contributed by atoms with E-state index in [0.29, 0.717) is 24.7 Å². The number of fused-ring (bicyclic) bond motifs is 2. The highest BCUT2D eigenvalue weighted by Crippen LogP contribution is 2.30. The average molecular weight is 407 g/mol. The summed E-state index contributed by atoms with van der Waals surface area (Å²) in [6.45, 7) is 2.78. The number of nitrogens with one attached hydrogen (secondary N) is 1. The molecular weight excluding hydrogens is 382 g/mol. The summed E-state index contributed by atoms with van der Waals surface area (Å²) >= 11 is 0. The Morgan fingerprint density at radius 1 is 1.00 bits per heavy atom. The summed E-state index contributed by atoms with van der Waals surface area (Å²) < 4.78 is 16.5. The third kappa shape index (κ3) is 4.82. The molecule has 0 radical (unpaired) electrons. The van der Waals surface area contributed by atoms with Crippen LogP contribution in [0.15, 0.2) is 42.5 Å². The molecule has 6 nitrogen and oxygen atoms in total. The largest absolute Gasteiger partial charge is 0.490 e. The van der Waals surface area contributed by atoms with Crippen LogP contribution in [-0.4, -0.2) is 31.2 Å². The highest BCUT2D eigenvalue weighted by atomic mass is 16.5. The molecule has 156 valence electrons. The van der Waals surface area contributed by atoms with Crippen LogP contribution >= 0.6 is 0 Å². The number of aryl methyl sites for hydroxylation is 2. The maximum atomic E-state index is 12.4. The predicted molar refractivity (Wildman–Crippen MR) is 114 cm³/mol. The summed E-state index contributed by atoms with van der Waals surface area (Å²) in [4.78, 5) is 24.5. The van der Waals surface area contributed by atoms with E-state index >= 15 is 0 Å². The van der Waals surface area contributed by atoms with Crippen LogP contribution in [0, 0.1) is 0 Å². The second-order valence-corrected chi connectivity index (χ2v) is 7.50. The monoisotopic (exact) mass is 407 g/mol. The maximum Gasteiger partial charge on any atom is 0.331 e. The Balaban J connectivity index is 1.32. The van der Waals surface area contributed by atoms with Gasteiger partial charge in [-0.3, -0.25) is 4.79 Å². The third-order valence-electron chi connectivity index (χ3n) is 5.21. The molecule has 30 heavy (non-hydrogen) atoms. The van der Waals surface area contributed by atoms with Crippen LogP contribution in [-0.2, 0) is 27.2 Å². The van der Waals surface area contributed by atoms with E-state index in [1.54, 1.807) is 13.0 Å². The summed E-state index contributed by atoms with van der Waals surface area (Å²) in [6, 6.07) is 11.4. The van der Waals surface area contributed by atoms with Gasteiger partial charge in [-0.2, -0.15) is 0 Å². The molecule has 1 heterocycles. The lowest BCUT2D eigenvalue weighted by atomic mass is 10.1. The van der Waals surface area contributed by atoms with Crippen molar-refractivity contribution in [2.45, 2.75) is 38.7 Å². The summed E-state index contributed by atoms with van der Waals surface area (Å²) in [5.41, 5.74) is 4.13. The van der Waals surface area contributed by atoms with Gasteiger partial charge in [0.1, 0.15) is 0 Å². The molecule has 1 aliphatic heterocycles. The first-order valence-electron chi connectivity index (χ1n) is 10.3. The standard InChI is InChI=1S/C24H25NO5/c1-16(24(27)25-20-9-8-18-4-2-5-19(18)15-20)30-23(26)11-7-17-6-10-21-22(14-17)29-13-3-12-28-21/h6-11,14-16H,2-5,12-13H2,1H3,(H,25,27)/b11-7+/t16-/m1/s1. The van der Waals surface area contributed by atoms with Gasteiger partial charge in [0.15, 0.2) is 17.6 Å². The minimum Gasteiger partial charge on any atom is -0.490 e. The van der Waals surface area contributed by atoms with E-state index in [2.05, 4.69) is 5.32 Å². The van der Waals surface area contributed by atoms with E-state index in [1.807, 2.05) is 36.4 Å². The lowest BCUT2D eigenvalue weighted by Crippen LogP contribution is -2.29. The zero-order valence-corrected chi connectivity index (χ0v) is 17.0. The summed E-state index contributed by atoms with van der Waals surface area (Å²) in [5, 5.41) is 2.82. The van der Waals surface area contributed by atoms with Gasteiger partial charge in [-0.25, -0.2) is 4.79 Å². The second kappa shape index (κ2) is 9.03. The quantitative estimate of drug-likeness (QED) is 0.601. The Labute approximate surface area is 175 Å². The van der Waals surface area contributed by atoms with Crippen LogP contribution in [0.5, 0.6) is 11.5 Å². The van der Waals surface area contributed by atoms with Gasteiger partial charge in [0.25, 0.3) is 5.91 Å². The normalized spacial score (nSPS) is 15.9. The fourth-order valence-electron chi connectivity index (χ4n) is 3.61. The van der Waals surface area contributed by atoms with E-state index in [-0.39, 0.29) is 5.91 Å². The molecule has 1 aliphatic carbocycles. The Bertz CT molecular complexity index is 982. The SMILES string of the molecule is C[C@@H](OC(=O)/C=C/c1ccc2c(c1)OCCCO2)C(=O)Nc1ccc2c(c1)CCC2. The molecule has 0 saturated carbocycles. The smallest absolute Gasteiger partial charge is 0.331 e. The van der Waals surface area contributed by atoms with Crippen LogP contribution in [0.25, 0.3) is 6.08 Å². The molecule has 1 amide bonds. The fourth-order valence-corrected chi connectivity index (χ4v) is 3.61. The number of carbonyl (C=O) groups is 2. The zero-order chi connectivity index (χ0) is 20.9. The van der Waals surface area contributed by atoms with E-state index in [1.165, 1.54) is 17.2 Å². The van der Waals surface area contributed by atoms with Crippen LogP contribution < -0.4 is 14.8 Å². The molecule has 2 aromatic rings. The van der Waals surface area contributed by atoms with Crippen molar-refractivity contribution in [2.24, 2.45) is 0 Å². The van der Waals surface area contributed by atoms with Crippen molar-refractivity contribution in [1.29, 1.82) is 0 Å². The molecule has 1 atom stereocenters. The van der Waals surface area contributed by atoms with Gasteiger partial charge >= 0.3 is 5.97 Å². The molecule has 0 bridgehead atoms. The molecule has 6 heteroatoms. The van der Waals surface area contributed by atoms with Crippen LogP contribution in [0.4, 0.5) is 5.69 Å². The summed E-state index contributed by atoms with van der Waals surface area (Å²) in [6.07, 6.45) is 6.13. The Morgan fingerprint density at radius 2 is 1.80 bits per heavy atom. The first-order valence-corrected chi connectivity index (χ1v) is 10.3. The minimum atomic E-state index is -0.904. The van der Waals surface area contributed by atoms with Crippen molar-refractivity contribution >= 4 is 23.6 Å². The van der Waals surface area contributed by atoms with E-state index < -0.39 is 12.1 Å². The first kappa shape index (κ1) is 20.0. The number of hydrogen-bond acceptors (Lipinski definition) is 5. The highest BCUT2D eigenvalue weighted by Gasteiger charge is 2.18. The number of carbonyl (C=O) groups excluding carboxylic acids is 2. The number of hydrogen-bond donors (Lipinski definition) is 1. The number of esters is 1. The van der Waals surface area contributed by atoms with Crippen molar-refractivity contribution < 1.29 is 23.8 Å². The molecule has 2 aromatic carbocycles. The van der Waals surface area contributed by atoms with E-state index in [4.69, 9.17) is 14.2 Å². The lowest BCUT2D eigenvalue weighted by molar-refractivity contribution is -0.148. The van der Waals surface area contributed by atoms with Gasteiger partial charge in [-0.05, 0) is 73.2 Å². The lowest BCUT2D eigenvalue weighted by Gasteiger charge is -2.13. The molecule has 0 aromatic heterocycles. The van der Waals surface area contributed by atoms with Gasteiger partial charge in [0, 0.05) is 18.2 Å². The number of anilines is 1. The highest BCUT2D eigenvalue weighted by molar-refractivity contribution is 5.96. The Kier molecular flexibility index (Phi) is 6.02. The van der Waals surface area contributed by atoms with Gasteiger partial charge in [0.2, 0.25) is 0 Å². The van der Waals surface area contributed by atoms with Crippen molar-refractivity contribution in [2.75, 3.05) is 18.5 Å². The van der Waals surface area contributed by atoms with Crippen molar-refractivity contribution in [1.82, 2.24) is 0 Å². The molecule has 0 saturated heterocycles. The van der Waals surface area contributed by atoms with Crippen LogP contribution in [0.2, 0.25) is 0 Å². The van der Waals surface area contributed by atoms with Crippen molar-refractivity contribution in [3.8, 4) is 11.5 Å². The molecule has 0 fully saturated rings. The van der Waals surface area contributed by atoms with E-state index in [9.17, 15) is 9.59 Å². The molecule has 0 unspecified atom stereocenters. The molecule has 4 rings (SSSR count). The van der Waals surface area contributed by atoms with Crippen LogP contribution in [0.1, 0.15) is 36.5 Å². The van der Waals surface area contributed by atoms with Gasteiger partial charge in [-0.1, -0.05) is 12.1 Å². The minimum absolute atomic E-state index is 0.356. The van der Waals surface area contributed by atoms with Gasteiger partial charge in [-0.15, -0.1) is 0 Å². The van der Waals surface area contributed by atoms with E-state index in [0.717, 1.165) is 36.9 Å². The van der Waals surface area contributed by atoms with Gasteiger partial charge in [0.05, 0.1) is 13.2 Å². The topological polar surface area (TPSA) is 73.9 Å². The number of benzene rings is 2. The maximum absolute atomic E-state index is 12.4. The summed E-state index contributed by atoms with van der Waals surface area (Å²) in [5.74, 6) is 0.415. The Morgan fingerprint density at radius 3 is 2.67 bits per heavy atom. The fraction of sp³-hybridized carbons (Fsp3) is 0.333. The number of rotatable bonds is 5. The average Bonchev–Trinajstić information content (AvgIpc) is 3.08. The Hall–Kier alpha value is -3.28. The number of ether oxygens (including phenoxy) is 3.